The van der Waals surface area contributed by atoms with E-state index < -0.39 is 0 Å². The number of rotatable bonds is 5. The Morgan fingerprint density at radius 3 is 2.95 bits per heavy atom. The minimum atomic E-state index is -0.254. The Labute approximate surface area is 126 Å². The van der Waals surface area contributed by atoms with Crippen molar-refractivity contribution in [2.45, 2.75) is 25.4 Å². The molecular formula is C16H17N3O3. The third-order valence-electron chi connectivity index (χ3n) is 4.08. The van der Waals surface area contributed by atoms with E-state index in [-0.39, 0.29) is 17.7 Å². The number of aliphatic hydroxyl groups is 1. The van der Waals surface area contributed by atoms with Crippen molar-refractivity contribution in [3.63, 3.8) is 0 Å². The number of hydrogen-bond donors (Lipinski definition) is 2. The Bertz CT molecular complexity index is 879. The quantitative estimate of drug-likeness (QED) is 0.748. The van der Waals surface area contributed by atoms with E-state index in [4.69, 9.17) is 4.42 Å². The number of furan rings is 1. The average molecular weight is 299 g/mol. The number of aromatic nitrogens is 2. The van der Waals surface area contributed by atoms with E-state index in [9.17, 15) is 9.90 Å². The molecule has 0 saturated heterocycles. The summed E-state index contributed by atoms with van der Waals surface area (Å²) in [6.07, 6.45) is 2.28. The summed E-state index contributed by atoms with van der Waals surface area (Å²) >= 11 is 0. The maximum Gasteiger partial charge on any atom is 0.294 e. The van der Waals surface area contributed by atoms with Crippen molar-refractivity contribution < 1.29 is 9.52 Å². The Balaban J connectivity index is 1.78. The van der Waals surface area contributed by atoms with E-state index >= 15 is 0 Å². The summed E-state index contributed by atoms with van der Waals surface area (Å²) in [7, 11) is 0. The van der Waals surface area contributed by atoms with Crippen LogP contribution in [-0.2, 0) is 6.54 Å². The zero-order chi connectivity index (χ0) is 15.1. The number of hydrogen-bond acceptors (Lipinski definition) is 5. The highest BCUT2D eigenvalue weighted by molar-refractivity contribution is 6.01. The van der Waals surface area contributed by atoms with Crippen molar-refractivity contribution in [1.29, 1.82) is 0 Å². The van der Waals surface area contributed by atoms with Gasteiger partial charge in [0.25, 0.3) is 5.56 Å². The molecule has 1 aliphatic carbocycles. The third kappa shape index (κ3) is 2.30. The maximum atomic E-state index is 12.2. The standard InChI is InChI=1S/C16H17N3O3/c20-8-7-19(10-5-6-10)9-13-17-14-11-3-1-2-4-12(11)22-15(14)16(21)18-13/h1-4,10,20H,5-9H2,(H,17,18,21). The molecule has 0 aliphatic heterocycles. The first kappa shape index (κ1) is 13.5. The summed E-state index contributed by atoms with van der Waals surface area (Å²) in [5.74, 6) is 0.615. The number of para-hydroxylation sites is 1. The molecule has 2 heterocycles. The van der Waals surface area contributed by atoms with Crippen LogP contribution in [-0.4, -0.2) is 39.2 Å². The zero-order valence-corrected chi connectivity index (χ0v) is 12.1. The van der Waals surface area contributed by atoms with E-state index in [0.29, 0.717) is 36.1 Å². The van der Waals surface area contributed by atoms with Crippen LogP contribution in [0.2, 0.25) is 0 Å². The fourth-order valence-electron chi connectivity index (χ4n) is 2.87. The zero-order valence-electron chi connectivity index (χ0n) is 12.1. The van der Waals surface area contributed by atoms with Crippen molar-refractivity contribution >= 4 is 22.1 Å². The van der Waals surface area contributed by atoms with Crippen molar-refractivity contribution in [2.75, 3.05) is 13.2 Å². The van der Waals surface area contributed by atoms with E-state index in [2.05, 4.69) is 14.9 Å². The number of benzene rings is 1. The maximum absolute atomic E-state index is 12.2. The molecule has 114 valence electrons. The Morgan fingerprint density at radius 1 is 1.36 bits per heavy atom. The number of aromatic amines is 1. The van der Waals surface area contributed by atoms with Gasteiger partial charge < -0.3 is 14.5 Å². The van der Waals surface area contributed by atoms with E-state index in [0.717, 1.165) is 18.2 Å². The lowest BCUT2D eigenvalue weighted by molar-refractivity contribution is 0.180. The molecule has 3 aromatic rings. The van der Waals surface area contributed by atoms with Crippen LogP contribution in [0.15, 0.2) is 33.5 Å². The molecule has 0 spiro atoms. The predicted molar refractivity (Wildman–Crippen MR) is 82.7 cm³/mol. The van der Waals surface area contributed by atoms with E-state index in [1.165, 1.54) is 0 Å². The second-order valence-corrected chi connectivity index (χ2v) is 5.71. The van der Waals surface area contributed by atoms with Crippen molar-refractivity contribution in [2.24, 2.45) is 0 Å². The van der Waals surface area contributed by atoms with Gasteiger partial charge in [-0.05, 0) is 25.0 Å². The molecule has 0 unspecified atom stereocenters. The van der Waals surface area contributed by atoms with Crippen LogP contribution in [0, 0.1) is 0 Å². The highest BCUT2D eigenvalue weighted by Gasteiger charge is 2.29. The lowest BCUT2D eigenvalue weighted by Gasteiger charge is -2.19. The SMILES string of the molecule is O=c1[nH]c(CN(CCO)C2CC2)nc2c1oc1ccccc12. The van der Waals surface area contributed by atoms with Crippen LogP contribution in [0.25, 0.3) is 22.1 Å². The molecule has 22 heavy (non-hydrogen) atoms. The second kappa shape index (κ2) is 5.23. The van der Waals surface area contributed by atoms with Gasteiger partial charge in [-0.3, -0.25) is 9.69 Å². The molecule has 0 bridgehead atoms. The summed E-state index contributed by atoms with van der Waals surface area (Å²) in [5, 5.41) is 10.0. The fraction of sp³-hybridized carbons (Fsp3) is 0.375. The van der Waals surface area contributed by atoms with Gasteiger partial charge in [-0.1, -0.05) is 12.1 Å². The monoisotopic (exact) mass is 299 g/mol. The van der Waals surface area contributed by atoms with E-state index in [1.807, 2.05) is 24.3 Å². The smallest absolute Gasteiger partial charge is 0.294 e. The Kier molecular flexibility index (Phi) is 3.20. The predicted octanol–water partition coefficient (Wildman–Crippen LogP) is 1.63. The topological polar surface area (TPSA) is 82.4 Å². The molecule has 0 amide bonds. The fourth-order valence-corrected chi connectivity index (χ4v) is 2.87. The molecule has 6 nitrogen and oxygen atoms in total. The molecule has 4 rings (SSSR count). The van der Waals surface area contributed by atoms with Crippen molar-refractivity contribution in [3.05, 3.63) is 40.4 Å². The minimum absolute atomic E-state index is 0.109. The average Bonchev–Trinajstić information content (AvgIpc) is 3.29. The van der Waals surface area contributed by atoms with Gasteiger partial charge in [-0.2, -0.15) is 0 Å². The van der Waals surface area contributed by atoms with Gasteiger partial charge in [0.2, 0.25) is 5.58 Å². The second-order valence-electron chi connectivity index (χ2n) is 5.71. The minimum Gasteiger partial charge on any atom is -0.449 e. The van der Waals surface area contributed by atoms with Crippen LogP contribution in [0.1, 0.15) is 18.7 Å². The van der Waals surface area contributed by atoms with Gasteiger partial charge in [-0.25, -0.2) is 4.98 Å². The van der Waals surface area contributed by atoms with Crippen LogP contribution in [0.5, 0.6) is 0 Å². The first-order valence-electron chi connectivity index (χ1n) is 7.51. The lowest BCUT2D eigenvalue weighted by Crippen LogP contribution is -2.30. The van der Waals surface area contributed by atoms with Crippen LogP contribution >= 0.6 is 0 Å². The lowest BCUT2D eigenvalue weighted by atomic mass is 10.2. The highest BCUT2D eigenvalue weighted by atomic mass is 16.3. The van der Waals surface area contributed by atoms with E-state index in [1.54, 1.807) is 0 Å². The number of fused-ring (bicyclic) bond motifs is 3. The molecule has 1 saturated carbocycles. The Hall–Kier alpha value is -2.18. The molecular weight excluding hydrogens is 282 g/mol. The highest BCUT2D eigenvalue weighted by Crippen LogP contribution is 2.28. The number of aliphatic hydroxyl groups excluding tert-OH is 1. The number of nitrogens with zero attached hydrogens (tertiary/aromatic N) is 2. The number of H-pyrrole nitrogens is 1. The summed E-state index contributed by atoms with van der Waals surface area (Å²) in [6.45, 7) is 1.24. The molecule has 2 N–H and O–H groups in total. The Morgan fingerprint density at radius 2 is 2.18 bits per heavy atom. The van der Waals surface area contributed by atoms with Crippen molar-refractivity contribution in [3.8, 4) is 0 Å². The largest absolute Gasteiger partial charge is 0.449 e. The summed E-state index contributed by atoms with van der Waals surface area (Å²) in [6, 6.07) is 8.01. The molecule has 2 aromatic heterocycles. The summed E-state index contributed by atoms with van der Waals surface area (Å²) in [4.78, 5) is 21.8. The van der Waals surface area contributed by atoms with Gasteiger partial charge >= 0.3 is 0 Å². The van der Waals surface area contributed by atoms with Gasteiger partial charge in [0.1, 0.15) is 16.9 Å². The first-order chi connectivity index (χ1) is 10.8. The third-order valence-corrected chi connectivity index (χ3v) is 4.08. The number of nitrogens with one attached hydrogen (secondary N) is 1. The molecule has 6 heteroatoms. The molecule has 0 radical (unpaired) electrons. The molecule has 0 atom stereocenters. The van der Waals surface area contributed by atoms with Gasteiger partial charge in [-0.15, -0.1) is 0 Å². The van der Waals surface area contributed by atoms with Gasteiger partial charge in [0.15, 0.2) is 0 Å². The molecule has 1 fully saturated rings. The first-order valence-corrected chi connectivity index (χ1v) is 7.51. The summed E-state index contributed by atoms with van der Waals surface area (Å²) in [5.41, 5.74) is 1.29. The normalized spacial score (nSPS) is 15.2. The van der Waals surface area contributed by atoms with Crippen LogP contribution in [0.4, 0.5) is 0 Å². The van der Waals surface area contributed by atoms with Crippen LogP contribution < -0.4 is 5.56 Å². The molecule has 1 aromatic carbocycles. The molecule has 1 aliphatic rings. The summed E-state index contributed by atoms with van der Waals surface area (Å²) < 4.78 is 5.59. The van der Waals surface area contributed by atoms with Gasteiger partial charge in [0, 0.05) is 18.0 Å². The van der Waals surface area contributed by atoms with Crippen LogP contribution in [0.3, 0.4) is 0 Å². The van der Waals surface area contributed by atoms with Crippen molar-refractivity contribution in [1.82, 2.24) is 14.9 Å². The van der Waals surface area contributed by atoms with Gasteiger partial charge in [0.05, 0.1) is 13.2 Å².